The molecule has 0 radical (unpaired) electrons. The Kier molecular flexibility index (Phi) is 6.70. The van der Waals surface area contributed by atoms with Crippen LogP contribution in [-0.4, -0.2) is 44.9 Å². The first-order valence-corrected chi connectivity index (χ1v) is 14.0. The lowest BCUT2D eigenvalue weighted by Gasteiger charge is -2.36. The van der Waals surface area contributed by atoms with Crippen molar-refractivity contribution in [1.29, 1.82) is 0 Å². The zero-order chi connectivity index (χ0) is 25.4. The van der Waals surface area contributed by atoms with E-state index in [-0.39, 0.29) is 16.8 Å². The van der Waals surface area contributed by atoms with Gasteiger partial charge in [-0.3, -0.25) is 4.68 Å². The highest BCUT2D eigenvalue weighted by Crippen LogP contribution is 2.32. The largest absolute Gasteiger partial charge is 0.271 e. The summed E-state index contributed by atoms with van der Waals surface area (Å²) in [6, 6.07) is 10.6. The van der Waals surface area contributed by atoms with Crippen LogP contribution in [0.4, 0.5) is 4.39 Å². The average molecular weight is 510 g/mol. The maximum atomic E-state index is 13.3. The summed E-state index contributed by atoms with van der Waals surface area (Å²) < 4.78 is 45.0. The monoisotopic (exact) mass is 509 g/mol. The fourth-order valence-electron chi connectivity index (χ4n) is 5.30. The van der Waals surface area contributed by atoms with Gasteiger partial charge in [-0.1, -0.05) is 6.92 Å². The number of sulfonamides is 1. The van der Waals surface area contributed by atoms with Gasteiger partial charge in [0.05, 0.1) is 23.6 Å². The van der Waals surface area contributed by atoms with E-state index in [1.807, 2.05) is 24.7 Å². The minimum Gasteiger partial charge on any atom is -0.271 e. The first kappa shape index (κ1) is 24.6. The van der Waals surface area contributed by atoms with Crippen LogP contribution in [-0.2, 0) is 23.0 Å². The second-order valence-corrected chi connectivity index (χ2v) is 11.8. The minimum absolute atomic E-state index is 0.0754. The van der Waals surface area contributed by atoms with Gasteiger partial charge in [0.1, 0.15) is 10.7 Å². The molecule has 36 heavy (non-hydrogen) atoms. The molecule has 1 fully saturated rings. The van der Waals surface area contributed by atoms with Crippen LogP contribution >= 0.6 is 0 Å². The van der Waals surface area contributed by atoms with Crippen LogP contribution in [0.25, 0.3) is 16.6 Å². The van der Waals surface area contributed by atoms with Crippen LogP contribution in [0.15, 0.2) is 59.9 Å². The van der Waals surface area contributed by atoms with Crippen molar-refractivity contribution in [3.8, 4) is 5.69 Å². The van der Waals surface area contributed by atoms with E-state index in [0.29, 0.717) is 19.0 Å². The van der Waals surface area contributed by atoms with E-state index in [4.69, 9.17) is 0 Å². The van der Waals surface area contributed by atoms with E-state index >= 15 is 0 Å². The molecule has 9 heteroatoms. The SMILES string of the molecule is CCCn1cc(S(=O)(=O)N2CC[C@H](Cc3cc4cnn(-c5ccc(F)cc5)c4cc3C)C[C@H]2C)cn1. The quantitative estimate of drug-likeness (QED) is 0.347. The Morgan fingerprint density at radius 3 is 2.61 bits per heavy atom. The molecule has 0 amide bonds. The maximum Gasteiger partial charge on any atom is 0.246 e. The number of piperidine rings is 1. The third-order valence-electron chi connectivity index (χ3n) is 7.20. The average Bonchev–Trinajstić information content (AvgIpc) is 3.48. The normalized spacial score (nSPS) is 19.2. The Labute approximate surface area is 211 Å². The topological polar surface area (TPSA) is 73.0 Å². The molecule has 3 heterocycles. The van der Waals surface area contributed by atoms with Gasteiger partial charge in [-0.05, 0) is 93.0 Å². The van der Waals surface area contributed by atoms with Crippen LogP contribution in [0.1, 0.15) is 44.2 Å². The minimum atomic E-state index is -3.55. The molecule has 4 aromatic rings. The van der Waals surface area contributed by atoms with Crippen molar-refractivity contribution in [1.82, 2.24) is 23.9 Å². The highest BCUT2D eigenvalue weighted by molar-refractivity contribution is 7.89. The predicted octanol–water partition coefficient (Wildman–Crippen LogP) is 5.11. The summed E-state index contributed by atoms with van der Waals surface area (Å²) in [5.41, 5.74) is 4.25. The van der Waals surface area contributed by atoms with Gasteiger partial charge in [-0.2, -0.15) is 14.5 Å². The smallest absolute Gasteiger partial charge is 0.246 e. The molecule has 1 aliphatic heterocycles. The molecule has 0 bridgehead atoms. The lowest BCUT2D eigenvalue weighted by atomic mass is 9.86. The van der Waals surface area contributed by atoms with Gasteiger partial charge in [-0.15, -0.1) is 0 Å². The summed E-state index contributed by atoms with van der Waals surface area (Å²) in [5.74, 6) is 0.130. The number of nitrogens with zero attached hydrogens (tertiary/aromatic N) is 5. The molecule has 2 aromatic heterocycles. The number of rotatable bonds is 7. The van der Waals surface area contributed by atoms with Gasteiger partial charge in [0.25, 0.3) is 0 Å². The van der Waals surface area contributed by atoms with Crippen LogP contribution in [0.2, 0.25) is 0 Å². The van der Waals surface area contributed by atoms with E-state index in [2.05, 4.69) is 29.3 Å². The third-order valence-corrected chi connectivity index (χ3v) is 9.16. The van der Waals surface area contributed by atoms with Gasteiger partial charge < -0.3 is 0 Å². The summed E-state index contributed by atoms with van der Waals surface area (Å²) in [5, 5.41) is 9.78. The Morgan fingerprint density at radius 2 is 1.89 bits per heavy atom. The fourth-order valence-corrected chi connectivity index (χ4v) is 6.91. The van der Waals surface area contributed by atoms with Crippen LogP contribution in [0.3, 0.4) is 0 Å². The molecule has 0 spiro atoms. The zero-order valence-electron chi connectivity index (χ0n) is 20.9. The highest BCUT2D eigenvalue weighted by Gasteiger charge is 2.35. The summed E-state index contributed by atoms with van der Waals surface area (Å²) in [6.07, 6.45) is 8.39. The van der Waals surface area contributed by atoms with E-state index < -0.39 is 10.0 Å². The molecular weight excluding hydrogens is 477 g/mol. The van der Waals surface area contributed by atoms with Gasteiger partial charge in [0.15, 0.2) is 0 Å². The standard InChI is InChI=1S/C27H32FN5O2S/c1-4-10-31-18-26(17-29-31)36(34,35)32-11-9-21(13-20(32)3)14-22-15-23-16-30-33(27(23)12-19(22)2)25-7-5-24(28)6-8-25/h5-8,12,15-18,20-21H,4,9-11,13-14H2,1-3H3/t20-,21+/m1/s1. The zero-order valence-corrected chi connectivity index (χ0v) is 21.7. The molecule has 5 rings (SSSR count). The molecule has 0 N–H and O–H groups in total. The van der Waals surface area contributed by atoms with Crippen molar-refractivity contribution in [2.24, 2.45) is 5.92 Å². The van der Waals surface area contributed by atoms with Crippen molar-refractivity contribution in [3.05, 3.63) is 71.9 Å². The highest BCUT2D eigenvalue weighted by atomic mass is 32.2. The Hall–Kier alpha value is -3.04. The maximum absolute atomic E-state index is 13.3. The molecular formula is C27H32FN5O2S. The van der Waals surface area contributed by atoms with Crippen molar-refractivity contribution in [2.75, 3.05) is 6.54 Å². The lowest BCUT2D eigenvalue weighted by molar-refractivity contribution is 0.208. The number of aromatic nitrogens is 4. The Morgan fingerprint density at radius 1 is 1.11 bits per heavy atom. The summed E-state index contributed by atoms with van der Waals surface area (Å²) in [6.45, 7) is 7.37. The van der Waals surface area contributed by atoms with Crippen LogP contribution < -0.4 is 0 Å². The van der Waals surface area contributed by atoms with E-state index in [1.54, 1.807) is 27.3 Å². The van der Waals surface area contributed by atoms with Crippen molar-refractivity contribution < 1.29 is 12.8 Å². The van der Waals surface area contributed by atoms with E-state index in [1.165, 1.54) is 29.5 Å². The van der Waals surface area contributed by atoms with E-state index in [9.17, 15) is 12.8 Å². The number of aryl methyl sites for hydroxylation is 2. The predicted molar refractivity (Wildman–Crippen MR) is 138 cm³/mol. The van der Waals surface area contributed by atoms with Gasteiger partial charge >= 0.3 is 0 Å². The number of benzene rings is 2. The number of fused-ring (bicyclic) bond motifs is 1. The Bertz CT molecular complexity index is 1480. The van der Waals surface area contributed by atoms with E-state index in [0.717, 1.165) is 42.3 Å². The molecule has 0 saturated carbocycles. The number of hydrogen-bond donors (Lipinski definition) is 0. The molecule has 0 unspecified atom stereocenters. The number of halogens is 1. The van der Waals surface area contributed by atoms with Crippen molar-refractivity contribution in [2.45, 2.75) is 63.9 Å². The first-order chi connectivity index (χ1) is 17.3. The van der Waals surface area contributed by atoms with Crippen molar-refractivity contribution in [3.63, 3.8) is 0 Å². The van der Waals surface area contributed by atoms with Gasteiger partial charge in [0, 0.05) is 30.7 Å². The molecule has 1 saturated heterocycles. The van der Waals surface area contributed by atoms with Crippen molar-refractivity contribution >= 4 is 20.9 Å². The summed E-state index contributed by atoms with van der Waals surface area (Å²) >= 11 is 0. The van der Waals surface area contributed by atoms with Crippen LogP contribution in [0.5, 0.6) is 0 Å². The molecule has 0 aliphatic carbocycles. The lowest BCUT2D eigenvalue weighted by Crippen LogP contribution is -2.44. The number of hydrogen-bond acceptors (Lipinski definition) is 4. The van der Waals surface area contributed by atoms with Crippen LogP contribution in [0, 0.1) is 18.7 Å². The second-order valence-electron chi connectivity index (χ2n) is 9.87. The molecule has 7 nitrogen and oxygen atoms in total. The molecule has 190 valence electrons. The fraction of sp³-hybridized carbons (Fsp3) is 0.407. The molecule has 2 atom stereocenters. The summed E-state index contributed by atoms with van der Waals surface area (Å²) in [4.78, 5) is 0.278. The Balaban J connectivity index is 1.30. The summed E-state index contributed by atoms with van der Waals surface area (Å²) in [7, 11) is -3.55. The molecule has 1 aliphatic rings. The molecule has 2 aromatic carbocycles. The third kappa shape index (κ3) is 4.69. The van der Waals surface area contributed by atoms with Gasteiger partial charge in [-0.25, -0.2) is 17.5 Å². The van der Waals surface area contributed by atoms with Gasteiger partial charge in [0.2, 0.25) is 10.0 Å². The second kappa shape index (κ2) is 9.78. The first-order valence-electron chi connectivity index (χ1n) is 12.5.